The highest BCUT2D eigenvalue weighted by molar-refractivity contribution is 5.94. The SMILES string of the molecule is CNc1c(F)cc(C(=O)N2CC(C)OC(C)C2)cc1F. The Labute approximate surface area is 116 Å². The van der Waals surface area contributed by atoms with Crippen LogP contribution in [0.5, 0.6) is 0 Å². The molecule has 1 N–H and O–H groups in total. The Morgan fingerprint density at radius 2 is 1.75 bits per heavy atom. The van der Waals surface area contributed by atoms with Crippen molar-refractivity contribution in [2.45, 2.75) is 26.1 Å². The molecule has 2 rings (SSSR count). The molecule has 4 nitrogen and oxygen atoms in total. The van der Waals surface area contributed by atoms with Crippen LogP contribution >= 0.6 is 0 Å². The molecule has 2 atom stereocenters. The van der Waals surface area contributed by atoms with Crippen LogP contribution in [0.1, 0.15) is 24.2 Å². The Balaban J connectivity index is 2.25. The number of nitrogens with zero attached hydrogens (tertiary/aromatic N) is 1. The molecule has 0 aliphatic carbocycles. The monoisotopic (exact) mass is 284 g/mol. The number of ether oxygens (including phenoxy) is 1. The van der Waals surface area contributed by atoms with Crippen molar-refractivity contribution in [1.82, 2.24) is 4.90 Å². The van der Waals surface area contributed by atoms with E-state index in [4.69, 9.17) is 4.74 Å². The third kappa shape index (κ3) is 2.90. The maximum atomic E-state index is 13.7. The van der Waals surface area contributed by atoms with E-state index in [1.54, 1.807) is 4.90 Å². The molecule has 0 saturated carbocycles. The van der Waals surface area contributed by atoms with Gasteiger partial charge in [0.25, 0.3) is 5.91 Å². The van der Waals surface area contributed by atoms with Gasteiger partial charge < -0.3 is 15.0 Å². The average Bonchev–Trinajstić information content (AvgIpc) is 2.36. The number of hydrogen-bond acceptors (Lipinski definition) is 3. The molecule has 1 aromatic carbocycles. The number of rotatable bonds is 2. The smallest absolute Gasteiger partial charge is 0.254 e. The van der Waals surface area contributed by atoms with E-state index in [1.807, 2.05) is 13.8 Å². The summed E-state index contributed by atoms with van der Waals surface area (Å²) in [7, 11) is 1.42. The molecule has 1 fully saturated rings. The second-order valence-corrected chi connectivity index (χ2v) is 5.03. The highest BCUT2D eigenvalue weighted by Crippen LogP contribution is 2.22. The topological polar surface area (TPSA) is 41.6 Å². The van der Waals surface area contributed by atoms with Crippen LogP contribution in [0.3, 0.4) is 0 Å². The van der Waals surface area contributed by atoms with Crippen molar-refractivity contribution in [1.29, 1.82) is 0 Å². The zero-order valence-electron chi connectivity index (χ0n) is 11.7. The number of nitrogens with one attached hydrogen (secondary N) is 1. The van der Waals surface area contributed by atoms with E-state index < -0.39 is 11.6 Å². The summed E-state index contributed by atoms with van der Waals surface area (Å²) in [4.78, 5) is 13.9. The Hall–Kier alpha value is -1.69. The number of carbonyl (C=O) groups is 1. The lowest BCUT2D eigenvalue weighted by atomic mass is 10.1. The van der Waals surface area contributed by atoms with Crippen LogP contribution in [0, 0.1) is 11.6 Å². The summed E-state index contributed by atoms with van der Waals surface area (Å²) in [6.45, 7) is 4.56. The minimum absolute atomic E-state index is 0.0142. The first kappa shape index (κ1) is 14.7. The van der Waals surface area contributed by atoms with E-state index in [1.165, 1.54) is 7.05 Å². The van der Waals surface area contributed by atoms with E-state index in [2.05, 4.69) is 5.32 Å². The predicted octanol–water partition coefficient (Wildman–Crippen LogP) is 2.26. The van der Waals surface area contributed by atoms with Crippen LogP contribution in [-0.2, 0) is 4.74 Å². The lowest BCUT2D eigenvalue weighted by molar-refractivity contribution is -0.0586. The number of morpholine rings is 1. The van der Waals surface area contributed by atoms with Crippen LogP contribution in [0.4, 0.5) is 14.5 Å². The van der Waals surface area contributed by atoms with Crippen LogP contribution in [-0.4, -0.2) is 43.2 Å². The van der Waals surface area contributed by atoms with Crippen molar-refractivity contribution in [2.75, 3.05) is 25.5 Å². The van der Waals surface area contributed by atoms with Crippen LogP contribution in [0.15, 0.2) is 12.1 Å². The first-order valence-corrected chi connectivity index (χ1v) is 6.54. The predicted molar refractivity (Wildman–Crippen MR) is 71.8 cm³/mol. The first-order chi connectivity index (χ1) is 9.42. The minimum Gasteiger partial charge on any atom is -0.383 e. The molecular weight excluding hydrogens is 266 g/mol. The number of hydrogen-bond donors (Lipinski definition) is 1. The fraction of sp³-hybridized carbons (Fsp3) is 0.500. The van der Waals surface area contributed by atoms with E-state index in [-0.39, 0.29) is 29.4 Å². The fourth-order valence-electron chi connectivity index (χ4n) is 2.46. The van der Waals surface area contributed by atoms with Gasteiger partial charge >= 0.3 is 0 Å². The molecule has 1 amide bonds. The van der Waals surface area contributed by atoms with E-state index >= 15 is 0 Å². The van der Waals surface area contributed by atoms with Gasteiger partial charge in [-0.05, 0) is 26.0 Å². The second kappa shape index (κ2) is 5.75. The third-order valence-corrected chi connectivity index (χ3v) is 3.25. The van der Waals surface area contributed by atoms with Crippen LogP contribution < -0.4 is 5.32 Å². The lowest BCUT2D eigenvalue weighted by Gasteiger charge is -2.35. The summed E-state index contributed by atoms with van der Waals surface area (Å²) in [5.74, 6) is -1.93. The molecule has 1 aliphatic rings. The molecule has 0 aromatic heterocycles. The molecule has 6 heteroatoms. The Morgan fingerprint density at radius 1 is 1.25 bits per heavy atom. The van der Waals surface area contributed by atoms with E-state index in [9.17, 15) is 13.6 Å². The minimum atomic E-state index is -0.773. The first-order valence-electron chi connectivity index (χ1n) is 6.54. The fourth-order valence-corrected chi connectivity index (χ4v) is 2.46. The summed E-state index contributed by atoms with van der Waals surface area (Å²) in [6.07, 6.45) is -0.178. The molecule has 1 aromatic rings. The van der Waals surface area contributed by atoms with Crippen LogP contribution in [0.2, 0.25) is 0 Å². The summed E-state index contributed by atoms with van der Waals surface area (Å²) in [5, 5.41) is 2.43. The quantitative estimate of drug-likeness (QED) is 0.905. The molecule has 0 radical (unpaired) electrons. The van der Waals surface area contributed by atoms with E-state index in [0.717, 1.165) is 12.1 Å². The molecule has 0 bridgehead atoms. The third-order valence-electron chi connectivity index (χ3n) is 3.25. The van der Waals surface area contributed by atoms with E-state index in [0.29, 0.717) is 13.1 Å². The van der Waals surface area contributed by atoms with Gasteiger partial charge in [-0.1, -0.05) is 0 Å². The van der Waals surface area contributed by atoms with Crippen molar-refractivity contribution in [3.05, 3.63) is 29.3 Å². The molecule has 1 aliphatic heterocycles. The largest absolute Gasteiger partial charge is 0.383 e. The number of carbonyl (C=O) groups excluding carboxylic acids is 1. The molecular formula is C14H18F2N2O2. The molecule has 110 valence electrons. The second-order valence-electron chi connectivity index (χ2n) is 5.03. The zero-order chi connectivity index (χ0) is 14.9. The summed E-state index contributed by atoms with van der Waals surface area (Å²) in [5.41, 5.74) is -0.217. The van der Waals surface area contributed by atoms with Gasteiger partial charge in [-0.15, -0.1) is 0 Å². The van der Waals surface area contributed by atoms with Crippen molar-refractivity contribution < 1.29 is 18.3 Å². The number of benzene rings is 1. The number of halogens is 2. The van der Waals surface area contributed by atoms with Gasteiger partial charge in [0, 0.05) is 25.7 Å². The van der Waals surface area contributed by atoms with Crippen molar-refractivity contribution in [2.24, 2.45) is 0 Å². The molecule has 1 saturated heterocycles. The summed E-state index contributed by atoms with van der Waals surface area (Å²) in [6, 6.07) is 2.12. The normalized spacial score (nSPS) is 22.8. The maximum absolute atomic E-state index is 13.7. The lowest BCUT2D eigenvalue weighted by Crippen LogP contribution is -2.48. The molecule has 20 heavy (non-hydrogen) atoms. The van der Waals surface area contributed by atoms with Gasteiger partial charge in [-0.25, -0.2) is 8.78 Å². The van der Waals surface area contributed by atoms with Gasteiger partial charge in [0.1, 0.15) is 17.3 Å². The average molecular weight is 284 g/mol. The molecule has 2 unspecified atom stereocenters. The van der Waals surface area contributed by atoms with Gasteiger partial charge in [0.05, 0.1) is 12.2 Å². The summed E-state index contributed by atoms with van der Waals surface area (Å²) < 4.78 is 32.9. The number of anilines is 1. The van der Waals surface area contributed by atoms with Gasteiger partial charge in [0.15, 0.2) is 0 Å². The molecule has 0 spiro atoms. The maximum Gasteiger partial charge on any atom is 0.254 e. The molecule has 1 heterocycles. The Bertz CT molecular complexity index is 489. The van der Waals surface area contributed by atoms with Crippen molar-refractivity contribution in [3.8, 4) is 0 Å². The van der Waals surface area contributed by atoms with Crippen LogP contribution in [0.25, 0.3) is 0 Å². The van der Waals surface area contributed by atoms with Gasteiger partial charge in [-0.2, -0.15) is 0 Å². The standard InChI is InChI=1S/C14H18F2N2O2/c1-8-6-18(7-9(2)20-8)14(19)10-4-11(15)13(17-3)12(16)5-10/h4-5,8-9,17H,6-7H2,1-3H3. The highest BCUT2D eigenvalue weighted by Gasteiger charge is 2.27. The summed E-state index contributed by atoms with van der Waals surface area (Å²) >= 11 is 0. The Morgan fingerprint density at radius 3 is 2.20 bits per heavy atom. The highest BCUT2D eigenvalue weighted by atomic mass is 19.1. The zero-order valence-corrected chi connectivity index (χ0v) is 11.7. The van der Waals surface area contributed by atoms with Gasteiger partial charge in [-0.3, -0.25) is 4.79 Å². The van der Waals surface area contributed by atoms with Crippen molar-refractivity contribution >= 4 is 11.6 Å². The number of amides is 1. The Kier molecular flexibility index (Phi) is 4.23. The van der Waals surface area contributed by atoms with Gasteiger partial charge in [0.2, 0.25) is 0 Å². The van der Waals surface area contributed by atoms with Crippen molar-refractivity contribution in [3.63, 3.8) is 0 Å².